The number of unbranched alkanes of at least 4 members (excludes halogenated alkanes) is 2. The summed E-state index contributed by atoms with van der Waals surface area (Å²) in [7, 11) is 0. The smallest absolute Gasteiger partial charge is 0.427 e. The van der Waals surface area contributed by atoms with Crippen LogP contribution in [0.5, 0.6) is 0 Å². The first kappa shape index (κ1) is 31.9. The van der Waals surface area contributed by atoms with E-state index in [4.69, 9.17) is 4.74 Å². The van der Waals surface area contributed by atoms with Crippen LogP contribution in [-0.4, -0.2) is 44.6 Å². The molecular weight excluding hydrogens is 551 g/mol. The molecular formula is C28H33F5N4O4. The predicted molar refractivity (Wildman–Crippen MR) is 140 cm³/mol. The highest BCUT2D eigenvalue weighted by molar-refractivity contribution is 5.87. The molecule has 2 heterocycles. The molecule has 1 N–H and O–H groups in total. The zero-order valence-corrected chi connectivity index (χ0v) is 23.4. The Morgan fingerprint density at radius 1 is 0.951 bits per heavy atom. The van der Waals surface area contributed by atoms with Gasteiger partial charge >= 0.3 is 18.2 Å². The number of carbonyl (C=O) groups excluding carboxylic acids is 1. The first-order chi connectivity index (χ1) is 18.9. The van der Waals surface area contributed by atoms with Crippen molar-refractivity contribution in [3.63, 3.8) is 0 Å². The summed E-state index contributed by atoms with van der Waals surface area (Å²) in [5, 5.41) is 13.7. The van der Waals surface area contributed by atoms with E-state index >= 15 is 0 Å². The minimum absolute atomic E-state index is 0.0224. The van der Waals surface area contributed by atoms with Crippen LogP contribution in [0.4, 0.5) is 32.6 Å². The number of anilines is 1. The van der Waals surface area contributed by atoms with Crippen LogP contribution in [0.2, 0.25) is 0 Å². The van der Waals surface area contributed by atoms with E-state index in [1.165, 1.54) is 6.20 Å². The lowest BCUT2D eigenvalue weighted by atomic mass is 9.96. The molecule has 0 aliphatic rings. The van der Waals surface area contributed by atoms with Gasteiger partial charge in [0.05, 0.1) is 5.60 Å². The van der Waals surface area contributed by atoms with Crippen LogP contribution in [0, 0.1) is 0 Å². The highest BCUT2D eigenvalue weighted by Gasteiger charge is 2.51. The van der Waals surface area contributed by atoms with Crippen molar-refractivity contribution in [3.05, 3.63) is 59.9 Å². The molecule has 0 bridgehead atoms. The lowest BCUT2D eigenvalue weighted by Crippen LogP contribution is -2.47. The van der Waals surface area contributed by atoms with Gasteiger partial charge in [-0.05, 0) is 69.4 Å². The molecule has 0 spiro atoms. The van der Waals surface area contributed by atoms with Gasteiger partial charge in [-0.15, -0.1) is 0 Å². The summed E-state index contributed by atoms with van der Waals surface area (Å²) in [4.78, 5) is 21.9. The molecule has 0 atom stereocenters. The quantitative estimate of drug-likeness (QED) is 0.188. The van der Waals surface area contributed by atoms with Crippen LogP contribution in [0.3, 0.4) is 0 Å². The monoisotopic (exact) mass is 584 g/mol. The Morgan fingerprint density at radius 2 is 1.61 bits per heavy atom. The third-order valence-electron chi connectivity index (χ3n) is 6.32. The Morgan fingerprint density at radius 3 is 2.17 bits per heavy atom. The Kier molecular flexibility index (Phi) is 9.41. The Balaban J connectivity index is 1.76. The molecule has 0 aliphatic carbocycles. The largest absolute Gasteiger partial charge is 0.433 e. The molecule has 0 aliphatic heterocycles. The second-order valence-electron chi connectivity index (χ2n) is 10.8. The molecule has 13 heteroatoms. The maximum atomic E-state index is 13.5. The average molecular weight is 585 g/mol. The Bertz CT molecular complexity index is 1310. The van der Waals surface area contributed by atoms with Gasteiger partial charge in [-0.1, -0.05) is 35.8 Å². The van der Waals surface area contributed by atoms with Crippen molar-refractivity contribution < 1.29 is 41.1 Å². The van der Waals surface area contributed by atoms with Gasteiger partial charge in [0.2, 0.25) is 5.60 Å². The highest BCUT2D eigenvalue weighted by Crippen LogP contribution is 2.34. The zero-order chi connectivity index (χ0) is 30.6. The topological polar surface area (TPSA) is 102 Å². The van der Waals surface area contributed by atoms with Crippen LogP contribution >= 0.6 is 0 Å². The molecule has 1 amide bonds. The number of benzene rings is 1. The molecule has 0 radical (unpaired) electrons. The van der Waals surface area contributed by atoms with E-state index in [0.29, 0.717) is 37.3 Å². The van der Waals surface area contributed by atoms with Gasteiger partial charge in [0.25, 0.3) is 5.89 Å². The van der Waals surface area contributed by atoms with Gasteiger partial charge in [0, 0.05) is 26.1 Å². The van der Waals surface area contributed by atoms with Gasteiger partial charge in [0.15, 0.2) is 5.82 Å². The van der Waals surface area contributed by atoms with E-state index in [1.807, 2.05) is 0 Å². The van der Waals surface area contributed by atoms with E-state index in [2.05, 4.69) is 19.6 Å². The minimum atomic E-state index is -4.80. The van der Waals surface area contributed by atoms with E-state index < -0.39 is 35.3 Å². The molecule has 0 unspecified atom stereocenters. The molecule has 3 rings (SSSR count). The van der Waals surface area contributed by atoms with Crippen LogP contribution < -0.4 is 4.90 Å². The predicted octanol–water partition coefficient (Wildman–Crippen LogP) is 7.17. The molecule has 0 saturated carbocycles. The molecule has 2 aromatic heterocycles. The molecule has 224 valence electrons. The number of amides is 1. The van der Waals surface area contributed by atoms with Crippen LogP contribution in [-0.2, 0) is 22.7 Å². The van der Waals surface area contributed by atoms with Crippen LogP contribution in [0.15, 0.2) is 47.1 Å². The SMILES string of the molecule is CC(C)(O)c1ccc(-c2ccnc(N(CCCCCc3noc(C(C)(F)F)n3)C(=O)OC(C)(C)C(F)(F)F)c2)cc1. The van der Waals surface area contributed by atoms with E-state index in [9.17, 15) is 31.9 Å². The number of hydrogen-bond acceptors (Lipinski definition) is 7. The summed E-state index contributed by atoms with van der Waals surface area (Å²) in [5.41, 5.74) is -1.71. The number of halogens is 5. The van der Waals surface area contributed by atoms with Crippen LogP contribution in [0.1, 0.15) is 71.2 Å². The highest BCUT2D eigenvalue weighted by atomic mass is 19.4. The normalized spacial score (nSPS) is 12.9. The maximum Gasteiger partial charge on any atom is 0.427 e. The van der Waals surface area contributed by atoms with E-state index in [0.717, 1.165) is 24.3 Å². The van der Waals surface area contributed by atoms with Crippen molar-refractivity contribution in [2.24, 2.45) is 0 Å². The van der Waals surface area contributed by atoms with Gasteiger partial charge in [-0.25, -0.2) is 9.78 Å². The fourth-order valence-corrected chi connectivity index (χ4v) is 3.71. The Hall–Kier alpha value is -3.61. The lowest BCUT2D eigenvalue weighted by molar-refractivity contribution is -0.243. The molecule has 0 fully saturated rings. The maximum absolute atomic E-state index is 13.5. The summed E-state index contributed by atoms with van der Waals surface area (Å²) >= 11 is 0. The van der Waals surface area contributed by atoms with Gasteiger partial charge < -0.3 is 14.4 Å². The third-order valence-corrected chi connectivity index (χ3v) is 6.32. The van der Waals surface area contributed by atoms with Crippen molar-refractivity contribution in [2.45, 2.75) is 83.6 Å². The number of ether oxygens (including phenoxy) is 1. The van der Waals surface area contributed by atoms with Gasteiger partial charge in [0.1, 0.15) is 5.82 Å². The number of aliphatic hydroxyl groups is 1. The lowest BCUT2D eigenvalue weighted by Gasteiger charge is -2.31. The first-order valence-electron chi connectivity index (χ1n) is 13.0. The van der Waals surface area contributed by atoms with E-state index in [-0.39, 0.29) is 24.6 Å². The average Bonchev–Trinajstić information content (AvgIpc) is 3.34. The van der Waals surface area contributed by atoms with Crippen LogP contribution in [0.25, 0.3) is 11.1 Å². The van der Waals surface area contributed by atoms with Crippen molar-refractivity contribution in [3.8, 4) is 11.1 Å². The standard InChI is InChI=1S/C28H33F5N4O4/c1-25(2,39)20-12-10-18(11-13-20)19-14-15-34-22(17-19)37(24(38)40-26(3,4)28(31,32)33)16-8-6-7-9-21-35-23(41-36-21)27(5,29)30/h10-15,17,39H,6-9,16H2,1-5H3. The number of hydrogen-bond donors (Lipinski definition) is 1. The van der Waals surface area contributed by atoms with Gasteiger partial charge in [-0.2, -0.15) is 26.9 Å². The molecule has 3 aromatic rings. The third kappa shape index (κ3) is 8.44. The summed E-state index contributed by atoms with van der Waals surface area (Å²) < 4.78 is 76.4. The molecule has 1 aromatic carbocycles. The van der Waals surface area contributed by atoms with Crippen molar-refractivity contribution in [1.82, 2.24) is 15.1 Å². The Labute approximate surface area is 234 Å². The van der Waals surface area contributed by atoms with E-state index in [1.54, 1.807) is 50.2 Å². The minimum Gasteiger partial charge on any atom is -0.433 e. The molecule has 41 heavy (non-hydrogen) atoms. The molecule has 0 saturated heterocycles. The summed E-state index contributed by atoms with van der Waals surface area (Å²) in [6.45, 7) is 5.45. The number of aromatic nitrogens is 3. The zero-order valence-electron chi connectivity index (χ0n) is 23.4. The number of pyridine rings is 1. The van der Waals surface area contributed by atoms with Crippen molar-refractivity contribution >= 4 is 11.9 Å². The number of alkyl halides is 5. The number of carbonyl (C=O) groups is 1. The fourth-order valence-electron chi connectivity index (χ4n) is 3.71. The summed E-state index contributed by atoms with van der Waals surface area (Å²) in [6.07, 6.45) is -3.10. The first-order valence-corrected chi connectivity index (χ1v) is 13.0. The second-order valence-corrected chi connectivity index (χ2v) is 10.8. The summed E-state index contributed by atoms with van der Waals surface area (Å²) in [5.74, 6) is -3.84. The number of aryl methyl sites for hydroxylation is 1. The molecule has 8 nitrogen and oxygen atoms in total. The second kappa shape index (κ2) is 12.1. The number of rotatable bonds is 11. The van der Waals surface area contributed by atoms with Crippen molar-refractivity contribution in [1.29, 1.82) is 0 Å². The summed E-state index contributed by atoms with van der Waals surface area (Å²) in [6, 6.07) is 10.3. The van der Waals surface area contributed by atoms with Gasteiger partial charge in [-0.3, -0.25) is 4.90 Å². The number of nitrogens with zero attached hydrogens (tertiary/aromatic N) is 4. The fraction of sp³-hybridized carbons (Fsp3) is 0.500. The van der Waals surface area contributed by atoms with Crippen molar-refractivity contribution in [2.75, 3.05) is 11.4 Å².